The highest BCUT2D eigenvalue weighted by atomic mass is 32.2. The van der Waals surface area contributed by atoms with E-state index in [0.717, 1.165) is 10.5 Å². The number of hydrogen-bond acceptors (Lipinski definition) is 4. The molecule has 0 saturated carbocycles. The van der Waals surface area contributed by atoms with Crippen LogP contribution in [0.25, 0.3) is 0 Å². The van der Waals surface area contributed by atoms with Crippen molar-refractivity contribution in [3.05, 3.63) is 59.4 Å². The number of rotatable bonds is 4. The highest BCUT2D eigenvalue weighted by Gasteiger charge is 2.12. The summed E-state index contributed by atoms with van der Waals surface area (Å²) in [4.78, 5) is 12.3. The molecule has 2 aromatic rings. The molecule has 2 rings (SSSR count). The molecule has 5 heteroatoms. The third-order valence-corrected chi connectivity index (χ3v) is 3.81. The lowest BCUT2D eigenvalue weighted by molar-refractivity contribution is 0.0595. The van der Waals surface area contributed by atoms with Crippen LogP contribution in [0.1, 0.15) is 15.9 Å². The van der Waals surface area contributed by atoms with Gasteiger partial charge < -0.3 is 10.5 Å². The Balaban J connectivity index is 2.05. The average molecular weight is 291 g/mol. The van der Waals surface area contributed by atoms with Crippen LogP contribution in [0.4, 0.5) is 10.1 Å². The van der Waals surface area contributed by atoms with Gasteiger partial charge in [0.25, 0.3) is 0 Å². The number of carbonyl (C=O) groups is 1. The quantitative estimate of drug-likeness (QED) is 0.532. The van der Waals surface area contributed by atoms with Gasteiger partial charge >= 0.3 is 5.97 Å². The zero-order valence-electron chi connectivity index (χ0n) is 10.9. The molecule has 0 aliphatic heterocycles. The molecule has 3 nitrogen and oxygen atoms in total. The van der Waals surface area contributed by atoms with Crippen LogP contribution < -0.4 is 5.73 Å². The van der Waals surface area contributed by atoms with Crippen molar-refractivity contribution >= 4 is 23.4 Å². The monoisotopic (exact) mass is 291 g/mol. The van der Waals surface area contributed by atoms with E-state index < -0.39 is 11.8 Å². The Labute approximate surface area is 120 Å². The number of nitrogen functional groups attached to an aromatic ring is 1. The van der Waals surface area contributed by atoms with E-state index in [0.29, 0.717) is 11.4 Å². The van der Waals surface area contributed by atoms with Crippen molar-refractivity contribution in [3.63, 3.8) is 0 Å². The Morgan fingerprint density at radius 1 is 1.25 bits per heavy atom. The Kier molecular flexibility index (Phi) is 4.63. The number of anilines is 1. The second kappa shape index (κ2) is 6.43. The van der Waals surface area contributed by atoms with E-state index in [1.54, 1.807) is 17.8 Å². The molecule has 0 saturated heterocycles. The SMILES string of the molecule is COC(=O)c1ccc(CSc2ccc(N)cc2)cc1F. The van der Waals surface area contributed by atoms with Gasteiger partial charge in [0, 0.05) is 16.3 Å². The fraction of sp³-hybridized carbons (Fsp3) is 0.133. The van der Waals surface area contributed by atoms with Crippen LogP contribution in [0, 0.1) is 5.82 Å². The van der Waals surface area contributed by atoms with Crippen molar-refractivity contribution in [2.45, 2.75) is 10.6 Å². The van der Waals surface area contributed by atoms with Crippen molar-refractivity contribution in [1.82, 2.24) is 0 Å². The van der Waals surface area contributed by atoms with Crippen molar-refractivity contribution in [3.8, 4) is 0 Å². The van der Waals surface area contributed by atoms with Gasteiger partial charge in [-0.05, 0) is 42.0 Å². The smallest absolute Gasteiger partial charge is 0.340 e. The molecule has 0 heterocycles. The molecule has 2 N–H and O–H groups in total. The van der Waals surface area contributed by atoms with Gasteiger partial charge in [-0.2, -0.15) is 0 Å². The van der Waals surface area contributed by atoms with E-state index in [9.17, 15) is 9.18 Å². The molecule has 0 aliphatic rings. The number of nitrogens with two attached hydrogens (primary N) is 1. The second-order valence-corrected chi connectivity index (χ2v) is 5.21. The van der Waals surface area contributed by atoms with Crippen LogP contribution in [0.15, 0.2) is 47.4 Å². The molecule has 0 bridgehead atoms. The van der Waals surface area contributed by atoms with Gasteiger partial charge in [-0.15, -0.1) is 11.8 Å². The third kappa shape index (κ3) is 3.51. The lowest BCUT2D eigenvalue weighted by Gasteiger charge is -2.05. The van der Waals surface area contributed by atoms with E-state index in [4.69, 9.17) is 5.73 Å². The van der Waals surface area contributed by atoms with Crippen LogP contribution in [-0.2, 0) is 10.5 Å². The predicted octanol–water partition coefficient (Wildman–Crippen LogP) is 3.49. The van der Waals surface area contributed by atoms with Gasteiger partial charge in [0.2, 0.25) is 0 Å². The summed E-state index contributed by atoms with van der Waals surface area (Å²) in [6, 6.07) is 12.0. The molecule has 0 unspecified atom stereocenters. The molecule has 0 radical (unpaired) electrons. The topological polar surface area (TPSA) is 52.3 Å². The van der Waals surface area contributed by atoms with Crippen LogP contribution in [0.3, 0.4) is 0 Å². The summed E-state index contributed by atoms with van der Waals surface area (Å²) in [5.41, 5.74) is 7.08. The molecule has 0 fully saturated rings. The second-order valence-electron chi connectivity index (χ2n) is 4.16. The van der Waals surface area contributed by atoms with Gasteiger partial charge in [-0.25, -0.2) is 9.18 Å². The summed E-state index contributed by atoms with van der Waals surface area (Å²) in [5, 5.41) is 0. The fourth-order valence-electron chi connectivity index (χ4n) is 1.65. The normalized spacial score (nSPS) is 10.3. The van der Waals surface area contributed by atoms with Gasteiger partial charge in [0.15, 0.2) is 0 Å². The number of carbonyl (C=O) groups excluding carboxylic acids is 1. The molecule has 0 aliphatic carbocycles. The van der Waals surface area contributed by atoms with Crippen LogP contribution >= 0.6 is 11.8 Å². The maximum atomic E-state index is 13.7. The first kappa shape index (κ1) is 14.4. The molecule has 104 valence electrons. The van der Waals surface area contributed by atoms with Crippen molar-refractivity contribution in [2.24, 2.45) is 0 Å². The summed E-state index contributed by atoms with van der Waals surface area (Å²) in [6.45, 7) is 0. The van der Waals surface area contributed by atoms with Crippen molar-refractivity contribution < 1.29 is 13.9 Å². The summed E-state index contributed by atoms with van der Waals surface area (Å²) in [7, 11) is 1.23. The Morgan fingerprint density at radius 3 is 2.55 bits per heavy atom. The fourth-order valence-corrected chi connectivity index (χ4v) is 2.50. The lowest BCUT2D eigenvalue weighted by Crippen LogP contribution is -2.04. The highest BCUT2D eigenvalue weighted by Crippen LogP contribution is 2.24. The van der Waals surface area contributed by atoms with E-state index in [1.807, 2.05) is 24.3 Å². The first-order chi connectivity index (χ1) is 9.60. The lowest BCUT2D eigenvalue weighted by atomic mass is 10.1. The Hall–Kier alpha value is -2.01. The summed E-state index contributed by atoms with van der Waals surface area (Å²) >= 11 is 1.57. The number of halogens is 1. The molecular formula is C15H14FNO2S. The van der Waals surface area contributed by atoms with Gasteiger partial charge in [0.1, 0.15) is 5.82 Å². The van der Waals surface area contributed by atoms with Gasteiger partial charge in [0.05, 0.1) is 12.7 Å². The molecule has 0 amide bonds. The van der Waals surface area contributed by atoms with E-state index >= 15 is 0 Å². The van der Waals surface area contributed by atoms with E-state index in [-0.39, 0.29) is 5.56 Å². The molecule has 2 aromatic carbocycles. The molecular weight excluding hydrogens is 277 g/mol. The minimum absolute atomic E-state index is 0.0475. The van der Waals surface area contributed by atoms with Gasteiger partial charge in [-0.3, -0.25) is 0 Å². The number of ether oxygens (including phenoxy) is 1. The van der Waals surface area contributed by atoms with E-state index in [1.165, 1.54) is 19.2 Å². The maximum absolute atomic E-state index is 13.7. The molecule has 0 atom stereocenters. The van der Waals surface area contributed by atoms with Crippen LogP contribution in [0.5, 0.6) is 0 Å². The van der Waals surface area contributed by atoms with E-state index in [2.05, 4.69) is 4.74 Å². The molecule has 0 aromatic heterocycles. The standard InChI is InChI=1S/C15H14FNO2S/c1-19-15(18)13-7-2-10(8-14(13)16)9-20-12-5-3-11(17)4-6-12/h2-8H,9,17H2,1H3. The highest BCUT2D eigenvalue weighted by molar-refractivity contribution is 7.98. The Morgan fingerprint density at radius 2 is 1.95 bits per heavy atom. The number of hydrogen-bond donors (Lipinski definition) is 1. The first-order valence-corrected chi connectivity index (χ1v) is 6.94. The number of esters is 1. The molecule has 20 heavy (non-hydrogen) atoms. The third-order valence-electron chi connectivity index (χ3n) is 2.72. The van der Waals surface area contributed by atoms with Gasteiger partial charge in [-0.1, -0.05) is 6.07 Å². The largest absolute Gasteiger partial charge is 0.465 e. The number of methoxy groups -OCH3 is 1. The van der Waals surface area contributed by atoms with Crippen molar-refractivity contribution in [2.75, 3.05) is 12.8 Å². The Bertz CT molecular complexity index is 614. The van der Waals surface area contributed by atoms with Crippen molar-refractivity contribution in [1.29, 1.82) is 0 Å². The predicted molar refractivity (Wildman–Crippen MR) is 78.2 cm³/mol. The summed E-state index contributed by atoms with van der Waals surface area (Å²) in [5.74, 6) is -0.616. The minimum Gasteiger partial charge on any atom is -0.465 e. The summed E-state index contributed by atoms with van der Waals surface area (Å²) in [6.07, 6.45) is 0. The van der Waals surface area contributed by atoms with Crippen LogP contribution in [-0.4, -0.2) is 13.1 Å². The minimum atomic E-state index is -0.666. The summed E-state index contributed by atoms with van der Waals surface area (Å²) < 4.78 is 18.2. The maximum Gasteiger partial charge on any atom is 0.340 e. The zero-order chi connectivity index (χ0) is 14.5. The van der Waals surface area contributed by atoms with Crippen LogP contribution in [0.2, 0.25) is 0 Å². The number of thioether (sulfide) groups is 1. The molecule has 0 spiro atoms. The first-order valence-electron chi connectivity index (χ1n) is 5.95. The average Bonchev–Trinajstić information content (AvgIpc) is 2.46. The number of benzene rings is 2. The zero-order valence-corrected chi connectivity index (χ0v) is 11.7.